The van der Waals surface area contributed by atoms with Crippen LogP contribution in [0, 0.1) is 23.3 Å². The van der Waals surface area contributed by atoms with E-state index in [1.54, 1.807) is 38.6 Å². The summed E-state index contributed by atoms with van der Waals surface area (Å²) < 4.78 is 99.1. The highest BCUT2D eigenvalue weighted by molar-refractivity contribution is 7.12. The number of aliphatic carboxylic acids is 4. The van der Waals surface area contributed by atoms with Crippen molar-refractivity contribution in [1.29, 1.82) is 0 Å². The Morgan fingerprint density at radius 2 is 0.599 bits per heavy atom. The van der Waals surface area contributed by atoms with Crippen molar-refractivity contribution < 1.29 is 114 Å². The Hall–Kier alpha value is -11.4. The van der Waals surface area contributed by atoms with Crippen molar-refractivity contribution >= 4 is 163 Å². The Morgan fingerprint density at radius 3 is 0.789 bits per heavy atom. The highest BCUT2D eigenvalue weighted by Gasteiger charge is 2.42. The predicted molar refractivity (Wildman–Crippen MR) is 521 cm³/mol. The van der Waals surface area contributed by atoms with Crippen LogP contribution in [0.4, 0.5) is 17.6 Å². The van der Waals surface area contributed by atoms with Crippen LogP contribution in [-0.2, 0) is 76.3 Å². The summed E-state index contributed by atoms with van der Waals surface area (Å²) >= 11 is 31.1. The smallest absolute Gasteiger partial charge is 0.338 e. The number of carboxylic acid groups (broad SMARTS) is 4. The number of aromatic nitrogens is 4. The summed E-state index contributed by atoms with van der Waals surface area (Å²) in [6.45, 7) is 11.2. The second kappa shape index (κ2) is 52.2. The SMILES string of the molecule is CCOC(=O)C1=C(CN2CCO[C@@H](CCC(=O)O)C2)NC(c2nccs2)=N[C@H]1c1ccc(F)cc1Cl.CCOC(=O)C1=C(CN2CCO[C@H](CCC(=O)O)C2)NC(c2nccs2)=N[C@H]1c1ccc(F)cc1Cl.COC(=O)C1=C(CN2CCO[C@@H](CCC(=O)O)C2)NC(c2nccs2)=N[C@H]1c1ccc(F)cc1Cl.COC(=O)C1=C(CN2CCO[C@H](CCC(=O)O)C2)NC(c2nccs2)=N[C@H]1c1ccc(F)cc1Cl. The maximum atomic E-state index is 13.8. The maximum Gasteiger partial charge on any atom is 0.338 e. The molecule has 4 aromatic heterocycles. The minimum atomic E-state index is -0.876. The summed E-state index contributed by atoms with van der Waals surface area (Å²) in [7, 11) is 2.57. The van der Waals surface area contributed by atoms with Crippen LogP contribution in [0.25, 0.3) is 0 Å². The third-order valence-corrected chi connectivity index (χ3v) is 27.4. The average Bonchev–Trinajstić information content (AvgIpc) is 1.78. The van der Waals surface area contributed by atoms with E-state index < -0.39 is 95.2 Å². The molecule has 0 radical (unpaired) electrons. The molecule has 0 spiro atoms. The summed E-state index contributed by atoms with van der Waals surface area (Å²) in [5.41, 5.74) is 5.18. The second-order valence-corrected chi connectivity index (χ2v) is 37.9. The van der Waals surface area contributed by atoms with E-state index in [0.717, 1.165) is 0 Å². The number of nitrogens with one attached hydrogen (secondary N) is 4. The van der Waals surface area contributed by atoms with Gasteiger partial charge >= 0.3 is 47.8 Å². The molecule has 0 saturated carbocycles. The molecule has 12 heterocycles. The Morgan fingerprint density at radius 1 is 0.373 bits per heavy atom. The fourth-order valence-corrected chi connectivity index (χ4v) is 19.9. The number of ether oxygens (including phenoxy) is 8. The number of carbonyl (C=O) groups excluding carboxylic acids is 4. The number of halogens is 8. The number of morpholine rings is 4. The van der Waals surface area contributed by atoms with Gasteiger partial charge in [0.2, 0.25) is 0 Å². The molecule has 16 rings (SSSR count). The number of nitrogens with zero attached hydrogens (tertiary/aromatic N) is 12. The second-order valence-electron chi connectivity index (χ2n) is 32.7. The van der Waals surface area contributed by atoms with E-state index in [1.807, 2.05) is 21.5 Å². The van der Waals surface area contributed by atoms with E-state index in [-0.39, 0.29) is 106 Å². The van der Waals surface area contributed by atoms with Gasteiger partial charge in [0.25, 0.3) is 0 Å². The number of carboxylic acids is 4. The van der Waals surface area contributed by atoms with Crippen LogP contribution in [0.1, 0.15) is 132 Å². The third-order valence-electron chi connectivity index (χ3n) is 23.0. The Labute approximate surface area is 848 Å². The molecule has 48 heteroatoms. The zero-order valence-corrected chi connectivity index (χ0v) is 83.2. The zero-order chi connectivity index (χ0) is 101. The summed E-state index contributed by atoms with van der Waals surface area (Å²) in [4.78, 5) is 141. The molecule has 756 valence electrons. The van der Waals surface area contributed by atoms with Crippen LogP contribution in [0.2, 0.25) is 20.1 Å². The lowest BCUT2D eigenvalue weighted by atomic mass is 9.95. The number of methoxy groups -OCH3 is 2. The van der Waals surface area contributed by atoms with Gasteiger partial charge in [-0.1, -0.05) is 70.7 Å². The van der Waals surface area contributed by atoms with Gasteiger partial charge in [0, 0.05) is 216 Å². The molecule has 36 nitrogen and oxygen atoms in total. The van der Waals surface area contributed by atoms with E-state index in [2.05, 4.69) is 60.8 Å². The third kappa shape index (κ3) is 29.4. The first-order chi connectivity index (χ1) is 68.4. The molecule has 0 aliphatic carbocycles. The van der Waals surface area contributed by atoms with E-state index >= 15 is 0 Å². The van der Waals surface area contributed by atoms with E-state index in [1.165, 1.54) is 132 Å². The van der Waals surface area contributed by atoms with Crippen LogP contribution in [-0.4, -0.2) is 288 Å². The van der Waals surface area contributed by atoms with Crippen molar-refractivity contribution in [3.63, 3.8) is 0 Å². The van der Waals surface area contributed by atoms with Gasteiger partial charge in [-0.3, -0.25) is 58.7 Å². The molecule has 0 bridgehead atoms. The number of aliphatic imine (C=N–C) groups is 4. The standard InChI is InChI=1S/2C24H26ClFN4O5S.2C23H24ClFN4O5S/c2*1-2-34-24(33)20-18(13-30-8-9-35-15(12-30)4-6-19(31)32)28-22(23-27-7-10-36-23)29-21(20)16-5-3-14(26)11-17(16)25;2*1-33-23(32)19-17(12-29-7-8-34-14(11-29)3-5-18(30)31)27-21(22-26-6-9-35-22)28-20(19)15-4-2-13(25)10-16(15)24/h2*3,5,7,10-11,15,21H,2,4,6,8-9,12-13H2,1H3,(H,28,29)(H,31,32);2*2,4,6,9-10,14,20H,3,5,7-8,11-12H2,1H3,(H,27,28)(H,30,31)/t15-,21+;15-,21-;14-,20+;14-,20-/m1010/s1. The molecule has 8 N–H and O–H groups in total. The minimum absolute atomic E-state index is 0.0128. The molecule has 4 saturated heterocycles. The van der Waals surface area contributed by atoms with Crippen LogP contribution >= 0.6 is 91.8 Å². The molecule has 4 aromatic carbocycles. The highest BCUT2D eigenvalue weighted by atomic mass is 35.5. The van der Waals surface area contributed by atoms with Crippen LogP contribution in [0.15, 0.2) is 184 Å². The highest BCUT2D eigenvalue weighted by Crippen LogP contribution is 2.43. The lowest BCUT2D eigenvalue weighted by Crippen LogP contribution is -2.46. The fourth-order valence-electron chi connectivity index (χ4n) is 16.5. The van der Waals surface area contributed by atoms with Crippen molar-refractivity contribution in [3.05, 3.63) is 250 Å². The molecular formula is C94H100Cl4F4N16O20S4. The van der Waals surface area contributed by atoms with Gasteiger partial charge in [0.1, 0.15) is 47.4 Å². The summed E-state index contributed by atoms with van der Waals surface area (Å²) in [6.07, 6.45) is 7.29. The number of benzene rings is 4. The molecule has 8 aliphatic heterocycles. The Bertz CT molecular complexity index is 5740. The van der Waals surface area contributed by atoms with Crippen molar-refractivity contribution in [2.45, 2.75) is 114 Å². The topological polar surface area (TPSA) is 453 Å². The predicted octanol–water partition coefficient (Wildman–Crippen LogP) is 12.9. The minimum Gasteiger partial charge on any atom is -0.481 e. The molecule has 8 aliphatic rings. The number of rotatable bonds is 34. The molecule has 0 amide bonds. The van der Waals surface area contributed by atoms with Gasteiger partial charge in [0.05, 0.1) is 101 Å². The van der Waals surface area contributed by atoms with Crippen molar-refractivity contribution in [2.75, 3.05) is 132 Å². The molecule has 4 fully saturated rings. The van der Waals surface area contributed by atoms with Gasteiger partial charge in [-0.25, -0.2) is 56.7 Å². The molecule has 0 unspecified atom stereocenters. The zero-order valence-electron chi connectivity index (χ0n) is 76.9. The van der Waals surface area contributed by atoms with Gasteiger partial charge < -0.3 is 79.6 Å². The van der Waals surface area contributed by atoms with Crippen LogP contribution in [0.5, 0.6) is 0 Å². The Balaban J connectivity index is 0.000000159. The maximum absolute atomic E-state index is 13.8. The first-order valence-corrected chi connectivity index (χ1v) is 49.9. The lowest BCUT2D eigenvalue weighted by Gasteiger charge is -2.35. The van der Waals surface area contributed by atoms with Crippen molar-refractivity contribution in [3.8, 4) is 0 Å². The summed E-state index contributed by atoms with van der Waals surface area (Å²) in [5.74, 6) is -5.91. The molecule has 8 aromatic rings. The first kappa shape index (κ1) is 108. The number of carbonyl (C=O) groups is 8. The van der Waals surface area contributed by atoms with E-state index in [0.29, 0.717) is 219 Å². The quantitative estimate of drug-likeness (QED) is 0.0105. The largest absolute Gasteiger partial charge is 0.481 e. The van der Waals surface area contributed by atoms with E-state index in [4.69, 9.17) is 125 Å². The van der Waals surface area contributed by atoms with Crippen LogP contribution < -0.4 is 21.3 Å². The Kier molecular flexibility index (Phi) is 39.6. The van der Waals surface area contributed by atoms with Gasteiger partial charge in [-0.15, -0.1) is 45.3 Å². The number of esters is 4. The number of hydrogen-bond acceptors (Lipinski definition) is 36. The summed E-state index contributed by atoms with van der Waals surface area (Å²) in [6, 6.07) is 12.5. The fraction of sp³-hybridized carbons (Fsp3) is 0.404. The van der Waals surface area contributed by atoms with Crippen molar-refractivity contribution in [2.24, 2.45) is 20.0 Å². The van der Waals surface area contributed by atoms with Gasteiger partial charge in [-0.05, 0) is 88.1 Å². The number of hydrogen-bond donors (Lipinski definition) is 8. The molecule has 8 atom stereocenters. The monoisotopic (exact) mass is 2120 g/mol. The lowest BCUT2D eigenvalue weighted by molar-refractivity contribution is -0.140. The van der Waals surface area contributed by atoms with Crippen molar-refractivity contribution in [1.82, 2.24) is 60.8 Å². The molecular weight excluding hydrogens is 2020 g/mol. The van der Waals surface area contributed by atoms with Gasteiger partial charge in [-0.2, -0.15) is 0 Å². The van der Waals surface area contributed by atoms with Gasteiger partial charge in [0.15, 0.2) is 43.4 Å². The number of thiazole rings is 4. The number of amidine groups is 4. The van der Waals surface area contributed by atoms with Crippen LogP contribution in [0.3, 0.4) is 0 Å². The van der Waals surface area contributed by atoms with E-state index in [9.17, 15) is 55.9 Å². The normalized spacial score (nSPS) is 20.7. The first-order valence-electron chi connectivity index (χ1n) is 44.9. The summed E-state index contributed by atoms with van der Waals surface area (Å²) in [5, 5.41) is 59.4. The molecule has 142 heavy (non-hydrogen) atoms. The average molecular weight is 2120 g/mol.